The molecule has 0 unspecified atom stereocenters. The molecule has 1 aromatic heterocycles. The van der Waals surface area contributed by atoms with Gasteiger partial charge in [0.2, 0.25) is 5.95 Å². The van der Waals surface area contributed by atoms with Gasteiger partial charge in [-0.25, -0.2) is 0 Å². The lowest BCUT2D eigenvalue weighted by Crippen LogP contribution is -2.46. The van der Waals surface area contributed by atoms with Gasteiger partial charge in [-0.05, 0) is 18.4 Å². The Labute approximate surface area is 136 Å². The maximum atomic E-state index is 4.61. The molecule has 2 aliphatic rings. The summed E-state index contributed by atoms with van der Waals surface area (Å²) < 4.78 is 0. The fourth-order valence-corrected chi connectivity index (χ4v) is 2.90. The van der Waals surface area contributed by atoms with Crippen molar-refractivity contribution in [3.05, 3.63) is 42.1 Å². The van der Waals surface area contributed by atoms with Crippen LogP contribution in [0.2, 0.25) is 0 Å². The van der Waals surface area contributed by atoms with E-state index in [1.54, 1.807) is 6.20 Å². The van der Waals surface area contributed by atoms with Gasteiger partial charge in [-0.15, -0.1) is 5.10 Å². The summed E-state index contributed by atoms with van der Waals surface area (Å²) in [6, 6.07) is 11.2. The fourth-order valence-electron chi connectivity index (χ4n) is 2.90. The zero-order valence-corrected chi connectivity index (χ0v) is 13.2. The van der Waals surface area contributed by atoms with Crippen LogP contribution in [-0.2, 0) is 6.54 Å². The largest absolute Gasteiger partial charge is 0.353 e. The number of hydrogen-bond donors (Lipinski definition) is 1. The third kappa shape index (κ3) is 3.76. The van der Waals surface area contributed by atoms with Crippen LogP contribution in [0.4, 0.5) is 11.8 Å². The van der Waals surface area contributed by atoms with E-state index in [0.29, 0.717) is 12.0 Å². The molecule has 4 rings (SSSR count). The Morgan fingerprint density at radius 2 is 1.83 bits per heavy atom. The molecule has 1 N–H and O–H groups in total. The molecule has 1 aromatic carbocycles. The second-order valence-corrected chi connectivity index (χ2v) is 6.31. The maximum Gasteiger partial charge on any atom is 0.244 e. The first-order valence-electron chi connectivity index (χ1n) is 8.34. The summed E-state index contributed by atoms with van der Waals surface area (Å²) in [6.07, 6.45) is 4.20. The SMILES string of the molecule is c1ccc(CN2CCN(c3cnnc(NC4CC4)n3)CC2)cc1. The van der Waals surface area contributed by atoms with Gasteiger partial charge in [-0.2, -0.15) is 10.1 Å². The van der Waals surface area contributed by atoms with Crippen LogP contribution in [0.5, 0.6) is 0 Å². The number of nitrogens with one attached hydrogen (secondary N) is 1. The zero-order valence-electron chi connectivity index (χ0n) is 13.2. The minimum Gasteiger partial charge on any atom is -0.353 e. The Bertz CT molecular complexity index is 635. The van der Waals surface area contributed by atoms with E-state index in [1.807, 2.05) is 0 Å². The average Bonchev–Trinajstić information content (AvgIpc) is 3.41. The van der Waals surface area contributed by atoms with Crippen LogP contribution in [0.3, 0.4) is 0 Å². The molecule has 6 heteroatoms. The van der Waals surface area contributed by atoms with Gasteiger partial charge in [0.15, 0.2) is 5.82 Å². The minimum atomic E-state index is 0.551. The van der Waals surface area contributed by atoms with Crippen molar-refractivity contribution in [2.45, 2.75) is 25.4 Å². The molecular weight excluding hydrogens is 288 g/mol. The number of anilines is 2. The Balaban J connectivity index is 1.34. The van der Waals surface area contributed by atoms with Crippen molar-refractivity contribution in [3.8, 4) is 0 Å². The second kappa shape index (κ2) is 6.50. The smallest absolute Gasteiger partial charge is 0.244 e. The second-order valence-electron chi connectivity index (χ2n) is 6.31. The van der Waals surface area contributed by atoms with Crippen LogP contribution in [0.15, 0.2) is 36.5 Å². The summed E-state index contributed by atoms with van der Waals surface area (Å²) in [5.41, 5.74) is 1.38. The first-order chi connectivity index (χ1) is 11.4. The molecule has 2 aromatic rings. The Kier molecular flexibility index (Phi) is 4.06. The summed E-state index contributed by atoms with van der Waals surface area (Å²) in [4.78, 5) is 9.40. The van der Waals surface area contributed by atoms with Gasteiger partial charge >= 0.3 is 0 Å². The first-order valence-corrected chi connectivity index (χ1v) is 8.34. The third-order valence-electron chi connectivity index (χ3n) is 4.40. The number of benzene rings is 1. The highest BCUT2D eigenvalue weighted by molar-refractivity contribution is 5.41. The Morgan fingerprint density at radius 3 is 2.57 bits per heavy atom. The van der Waals surface area contributed by atoms with Crippen LogP contribution in [0.1, 0.15) is 18.4 Å². The quantitative estimate of drug-likeness (QED) is 0.908. The number of hydrogen-bond acceptors (Lipinski definition) is 6. The van der Waals surface area contributed by atoms with Crippen molar-refractivity contribution >= 4 is 11.8 Å². The topological polar surface area (TPSA) is 57.2 Å². The third-order valence-corrected chi connectivity index (χ3v) is 4.40. The molecule has 0 radical (unpaired) electrons. The van der Waals surface area contributed by atoms with E-state index in [9.17, 15) is 0 Å². The molecule has 0 bridgehead atoms. The first kappa shape index (κ1) is 14.4. The molecule has 0 spiro atoms. The van der Waals surface area contributed by atoms with Crippen LogP contribution in [-0.4, -0.2) is 52.3 Å². The van der Waals surface area contributed by atoms with Crippen molar-refractivity contribution in [3.63, 3.8) is 0 Å². The van der Waals surface area contributed by atoms with Gasteiger partial charge in [0.05, 0.1) is 6.20 Å². The lowest BCUT2D eigenvalue weighted by Gasteiger charge is -2.35. The van der Waals surface area contributed by atoms with E-state index in [1.165, 1.54) is 18.4 Å². The molecule has 0 atom stereocenters. The summed E-state index contributed by atoms with van der Waals surface area (Å²) >= 11 is 0. The van der Waals surface area contributed by atoms with Crippen molar-refractivity contribution in [2.75, 3.05) is 36.4 Å². The highest BCUT2D eigenvalue weighted by Gasteiger charge is 2.23. The van der Waals surface area contributed by atoms with Gasteiger partial charge in [0.1, 0.15) is 0 Å². The van der Waals surface area contributed by atoms with Gasteiger partial charge in [0.25, 0.3) is 0 Å². The molecule has 0 amide bonds. The summed E-state index contributed by atoms with van der Waals surface area (Å²) in [5, 5.41) is 11.5. The minimum absolute atomic E-state index is 0.551. The van der Waals surface area contributed by atoms with Crippen molar-refractivity contribution in [1.29, 1.82) is 0 Å². The lowest BCUT2D eigenvalue weighted by molar-refractivity contribution is 0.249. The van der Waals surface area contributed by atoms with Crippen LogP contribution < -0.4 is 10.2 Å². The summed E-state index contributed by atoms with van der Waals surface area (Å²) in [5.74, 6) is 1.60. The monoisotopic (exact) mass is 310 g/mol. The summed E-state index contributed by atoms with van der Waals surface area (Å²) in [6.45, 7) is 5.07. The number of rotatable bonds is 5. The van der Waals surface area contributed by atoms with Crippen LogP contribution in [0.25, 0.3) is 0 Å². The molecule has 23 heavy (non-hydrogen) atoms. The Morgan fingerprint density at radius 1 is 1.04 bits per heavy atom. The predicted molar refractivity (Wildman–Crippen MR) is 90.4 cm³/mol. The molecular formula is C17H22N6. The van der Waals surface area contributed by atoms with Gasteiger partial charge in [0, 0.05) is 38.8 Å². The average molecular weight is 310 g/mol. The van der Waals surface area contributed by atoms with E-state index in [0.717, 1.165) is 38.5 Å². The molecule has 2 fully saturated rings. The standard InChI is InChI=1S/C17H22N6/c1-2-4-14(5-3-1)13-22-8-10-23(11-9-22)16-12-18-21-17(20-16)19-15-6-7-15/h1-5,12,15H,6-11,13H2,(H,19,20,21). The molecule has 1 aliphatic heterocycles. The molecule has 6 nitrogen and oxygen atoms in total. The highest BCUT2D eigenvalue weighted by atomic mass is 15.3. The fraction of sp³-hybridized carbons (Fsp3) is 0.471. The van der Waals surface area contributed by atoms with Gasteiger partial charge in [-0.3, -0.25) is 4.90 Å². The van der Waals surface area contributed by atoms with E-state index >= 15 is 0 Å². The van der Waals surface area contributed by atoms with E-state index in [-0.39, 0.29) is 0 Å². The van der Waals surface area contributed by atoms with Crippen LogP contribution in [0, 0.1) is 0 Å². The molecule has 1 aliphatic carbocycles. The predicted octanol–water partition coefficient (Wildman–Crippen LogP) is 1.77. The molecule has 2 heterocycles. The van der Waals surface area contributed by atoms with Crippen molar-refractivity contribution in [1.82, 2.24) is 20.1 Å². The normalized spacial score (nSPS) is 18.9. The zero-order chi connectivity index (χ0) is 15.5. The van der Waals surface area contributed by atoms with E-state index in [4.69, 9.17) is 0 Å². The molecule has 120 valence electrons. The lowest BCUT2D eigenvalue weighted by atomic mass is 10.2. The Hall–Kier alpha value is -2.21. The van der Waals surface area contributed by atoms with Gasteiger partial charge in [-0.1, -0.05) is 30.3 Å². The summed E-state index contributed by atoms with van der Waals surface area (Å²) in [7, 11) is 0. The van der Waals surface area contributed by atoms with E-state index < -0.39 is 0 Å². The number of nitrogens with zero attached hydrogens (tertiary/aromatic N) is 5. The molecule has 1 saturated carbocycles. The van der Waals surface area contributed by atoms with Gasteiger partial charge < -0.3 is 10.2 Å². The van der Waals surface area contributed by atoms with Crippen LogP contribution >= 0.6 is 0 Å². The van der Waals surface area contributed by atoms with Crippen molar-refractivity contribution in [2.24, 2.45) is 0 Å². The van der Waals surface area contributed by atoms with E-state index in [2.05, 4.69) is 60.6 Å². The highest BCUT2D eigenvalue weighted by Crippen LogP contribution is 2.23. The van der Waals surface area contributed by atoms with Crippen molar-refractivity contribution < 1.29 is 0 Å². The number of piperazine rings is 1. The number of aromatic nitrogens is 3. The maximum absolute atomic E-state index is 4.61. The molecule has 1 saturated heterocycles.